The number of nitrogens with two attached hydrogens (primary N) is 2. The van der Waals surface area contributed by atoms with Crippen LogP contribution in [0.2, 0.25) is 0 Å². The van der Waals surface area contributed by atoms with E-state index in [0.29, 0.717) is 52.1 Å². The second kappa shape index (κ2) is 24.9. The lowest BCUT2D eigenvalue weighted by Crippen LogP contribution is -2.58. The number of aryl methyl sites for hydroxylation is 1. The summed E-state index contributed by atoms with van der Waals surface area (Å²) in [6.07, 6.45) is -1.87. The minimum Gasteiger partial charge on any atom is -0.508 e. The molecule has 23 nitrogen and oxygen atoms in total. The molecule has 23 heteroatoms. The van der Waals surface area contributed by atoms with Crippen molar-refractivity contribution < 1.29 is 93.0 Å². The normalized spacial score (nSPS) is 23.7. The highest BCUT2D eigenvalue weighted by molar-refractivity contribution is 6.23. The van der Waals surface area contributed by atoms with Gasteiger partial charge in [-0.3, -0.25) is 38.4 Å². The molecular weight excluding hydrogens is 1180 g/mol. The van der Waals surface area contributed by atoms with Gasteiger partial charge in [-0.1, -0.05) is 51.1 Å². The molecule has 0 saturated heterocycles. The monoisotopic (exact) mass is 1250 g/mol. The van der Waals surface area contributed by atoms with E-state index in [1.54, 1.807) is 37.3 Å². The van der Waals surface area contributed by atoms with Crippen molar-refractivity contribution in [1.82, 2.24) is 10.6 Å². The van der Waals surface area contributed by atoms with Gasteiger partial charge in [-0.15, -0.1) is 0 Å². The van der Waals surface area contributed by atoms with Crippen LogP contribution in [-0.4, -0.2) is 133 Å². The SMILES string of the molecule is CCOC(=O)C(NCc1ccc(CC)c(-c2ccc(O)c3c2C[C@H]2C[C@H]4CC(=O)C(C(N)=O)=C(O)[C@@]4(O)C(OC(C)CC(NCc4ccc(OC)c(-c5ccc(O)c6c5C[C@H]5C[C@H]7CC(=O)C(C(N)=O)=C(O)[C@@]7(O)C(=O)C5=C6O)c4)C(=O)OC)=C2C3=O)c1)C(C)C. The van der Waals surface area contributed by atoms with Gasteiger partial charge in [0.25, 0.3) is 11.8 Å². The summed E-state index contributed by atoms with van der Waals surface area (Å²) in [5.41, 5.74) is 8.50. The predicted molar refractivity (Wildman–Crippen MR) is 326 cm³/mol. The van der Waals surface area contributed by atoms with E-state index >= 15 is 4.79 Å². The van der Waals surface area contributed by atoms with Crippen LogP contribution in [0.3, 0.4) is 0 Å². The molecule has 480 valence electrons. The van der Waals surface area contributed by atoms with Crippen molar-refractivity contribution in [2.75, 3.05) is 20.8 Å². The van der Waals surface area contributed by atoms with Crippen LogP contribution in [0, 0.1) is 29.6 Å². The third-order valence-electron chi connectivity index (χ3n) is 18.9. The van der Waals surface area contributed by atoms with Crippen LogP contribution in [-0.2, 0) is 80.1 Å². The Morgan fingerprint density at radius 2 is 1.19 bits per heavy atom. The Bertz CT molecular complexity index is 3930. The lowest BCUT2D eigenvalue weighted by molar-refractivity contribution is -0.148. The molecule has 10 rings (SSSR count). The molecular formula is C68H74N4O19. The van der Waals surface area contributed by atoms with Gasteiger partial charge < -0.3 is 76.8 Å². The fraction of sp³-hybridized carbons (Fsp3) is 0.412. The standard InChI is InChI=1S/C68H74N4O19/c1-8-33-12-10-31(28-72-56(29(3)4)66(85)90-9-2)19-40(33)38-13-15-46(74)53-42(38)24-35-22-37-26-48(76)55(64(70)83)61(81)68(37,87)62(51(35)58(53)78)91-30(5)18-44(65(84)89-7)71-27-32-11-17-49(88-6)41(20-32)39-14-16-45(73)52-43(39)23-34-21-36-25-47(75)54(63(69)82)60(80)67(36,86)59(79)50(34)57(52)77/h10-17,19-20,29-30,34-37,44,56,71-74,77,80-81,86-87H,8-9,18,21-28H2,1-7H3,(H2,69,82)(H2,70,83)/t30?,34-,35-,36+,37+,44?,56?,67+,68-/m1/s1. The third kappa shape index (κ3) is 11.0. The zero-order valence-corrected chi connectivity index (χ0v) is 51.4. The predicted octanol–water partition coefficient (Wildman–Crippen LogP) is 5.47. The van der Waals surface area contributed by atoms with E-state index < -0.39 is 147 Å². The molecule has 4 aromatic carbocycles. The van der Waals surface area contributed by atoms with Crippen LogP contribution in [0.5, 0.6) is 17.2 Å². The van der Waals surface area contributed by atoms with Crippen molar-refractivity contribution in [1.29, 1.82) is 0 Å². The van der Waals surface area contributed by atoms with Crippen molar-refractivity contribution in [2.24, 2.45) is 41.1 Å². The smallest absolute Gasteiger partial charge is 0.323 e. The fourth-order valence-corrected chi connectivity index (χ4v) is 14.5. The molecule has 13 N–H and O–H groups in total. The van der Waals surface area contributed by atoms with Crippen LogP contribution in [0.15, 0.2) is 100 Å². The molecule has 0 aromatic heterocycles. The van der Waals surface area contributed by atoms with Crippen molar-refractivity contribution in [3.05, 3.63) is 139 Å². The summed E-state index contributed by atoms with van der Waals surface area (Å²) in [7, 11) is 2.59. The number of allylic oxidation sites excluding steroid dienone is 1. The number of methoxy groups -OCH3 is 2. The molecule has 6 aliphatic carbocycles. The minimum atomic E-state index is -2.76. The van der Waals surface area contributed by atoms with Gasteiger partial charge >= 0.3 is 11.9 Å². The lowest BCUT2D eigenvalue weighted by atomic mass is 9.59. The number of aliphatic hydroxyl groups excluding tert-OH is 3. The Hall–Kier alpha value is -9.16. The van der Waals surface area contributed by atoms with Crippen molar-refractivity contribution >= 4 is 52.6 Å². The highest BCUT2D eigenvalue weighted by Gasteiger charge is 2.62. The van der Waals surface area contributed by atoms with E-state index in [9.17, 15) is 69.3 Å². The van der Waals surface area contributed by atoms with Gasteiger partial charge in [-0.05, 0) is 139 Å². The number of carbonyl (C=O) groups excluding carboxylic acids is 8. The van der Waals surface area contributed by atoms with Crippen LogP contribution in [0.4, 0.5) is 0 Å². The molecule has 0 spiro atoms. The number of fused-ring (bicyclic) bond motifs is 6. The number of nitrogens with one attached hydrogen (secondary N) is 2. The van der Waals surface area contributed by atoms with Crippen molar-refractivity contribution in [3.8, 4) is 39.5 Å². The summed E-state index contributed by atoms with van der Waals surface area (Å²) in [6, 6.07) is 15.1. The number of ketones is 4. The summed E-state index contributed by atoms with van der Waals surface area (Å²) in [5, 5.41) is 89.1. The van der Waals surface area contributed by atoms with Crippen molar-refractivity contribution in [2.45, 2.75) is 128 Å². The lowest BCUT2D eigenvalue weighted by Gasteiger charge is -2.48. The van der Waals surface area contributed by atoms with E-state index in [1.807, 2.05) is 39.0 Å². The van der Waals surface area contributed by atoms with Crippen LogP contribution in [0.25, 0.3) is 28.0 Å². The van der Waals surface area contributed by atoms with Gasteiger partial charge in [0.2, 0.25) is 5.78 Å². The highest BCUT2D eigenvalue weighted by Crippen LogP contribution is 2.56. The molecule has 9 atom stereocenters. The number of hydrogen-bond acceptors (Lipinski definition) is 21. The van der Waals surface area contributed by atoms with E-state index in [1.165, 1.54) is 33.3 Å². The molecule has 0 bridgehead atoms. The van der Waals surface area contributed by atoms with E-state index in [-0.39, 0.29) is 85.2 Å². The molecule has 0 radical (unpaired) electrons. The Morgan fingerprint density at radius 1 is 0.648 bits per heavy atom. The van der Waals surface area contributed by atoms with E-state index in [4.69, 9.17) is 30.4 Å². The summed E-state index contributed by atoms with van der Waals surface area (Å²) in [6.45, 7) is 9.54. The average Bonchev–Trinajstić information content (AvgIpc) is 0.715. The van der Waals surface area contributed by atoms with Crippen molar-refractivity contribution in [3.63, 3.8) is 0 Å². The fourth-order valence-electron chi connectivity index (χ4n) is 14.5. The molecule has 2 amide bonds. The number of aliphatic hydroxyl groups is 5. The highest BCUT2D eigenvalue weighted by atomic mass is 16.5. The number of ether oxygens (including phenoxy) is 4. The molecule has 6 aliphatic rings. The Balaban J connectivity index is 0.970. The average molecular weight is 1250 g/mol. The zero-order valence-electron chi connectivity index (χ0n) is 51.4. The topological polar surface area (TPSA) is 391 Å². The maximum Gasteiger partial charge on any atom is 0.323 e. The Labute approximate surface area is 523 Å². The molecule has 91 heavy (non-hydrogen) atoms. The zero-order chi connectivity index (χ0) is 66.0. The second-order valence-electron chi connectivity index (χ2n) is 24.6. The first-order valence-corrected chi connectivity index (χ1v) is 30.3. The molecule has 3 unspecified atom stereocenters. The number of aromatic hydroxyl groups is 2. The molecule has 0 heterocycles. The first-order valence-electron chi connectivity index (χ1n) is 30.3. The maximum atomic E-state index is 15.4. The van der Waals surface area contributed by atoms with Gasteiger partial charge in [0.05, 0.1) is 38.1 Å². The number of phenols is 2. The van der Waals surface area contributed by atoms with Gasteiger partial charge in [0.15, 0.2) is 28.6 Å². The number of hydrogen-bond donors (Lipinski definition) is 11. The number of benzene rings is 4. The Kier molecular flexibility index (Phi) is 17.7. The molecule has 1 saturated carbocycles. The third-order valence-corrected chi connectivity index (χ3v) is 18.9. The summed E-state index contributed by atoms with van der Waals surface area (Å²) >= 11 is 0. The van der Waals surface area contributed by atoms with Gasteiger partial charge in [0, 0.05) is 60.9 Å². The van der Waals surface area contributed by atoms with Crippen LogP contribution in [0.1, 0.15) is 110 Å². The minimum absolute atomic E-state index is 0.0117. The number of primary amides is 2. The van der Waals surface area contributed by atoms with Crippen LogP contribution >= 0.6 is 0 Å². The van der Waals surface area contributed by atoms with Crippen LogP contribution < -0.4 is 26.8 Å². The quantitative estimate of drug-likeness (QED) is 0.0386. The number of phenolic OH excluding ortho intramolecular Hbond substituents is 2. The molecule has 4 aromatic rings. The summed E-state index contributed by atoms with van der Waals surface area (Å²) < 4.78 is 23.0. The molecule has 1 fully saturated rings. The summed E-state index contributed by atoms with van der Waals surface area (Å²) in [4.78, 5) is 108. The number of carbonyl (C=O) groups is 8. The largest absolute Gasteiger partial charge is 0.508 e. The number of rotatable bonds is 20. The number of amides is 2. The summed E-state index contributed by atoms with van der Waals surface area (Å²) in [5.74, 6) is -15.5. The first-order chi connectivity index (χ1) is 43.1. The Morgan fingerprint density at radius 3 is 1.76 bits per heavy atom. The number of Topliss-reactive ketones (excluding diaryl/α,β-unsaturated/α-hetero) is 4. The van der Waals surface area contributed by atoms with Gasteiger partial charge in [0.1, 0.15) is 63.5 Å². The van der Waals surface area contributed by atoms with E-state index in [2.05, 4.69) is 10.6 Å². The van der Waals surface area contributed by atoms with E-state index in [0.717, 1.165) is 16.7 Å². The first kappa shape index (κ1) is 64.8. The van der Waals surface area contributed by atoms with Gasteiger partial charge in [-0.25, -0.2) is 0 Å². The second-order valence-corrected chi connectivity index (χ2v) is 24.6. The van der Waals surface area contributed by atoms with Gasteiger partial charge in [-0.2, -0.15) is 0 Å². The maximum absolute atomic E-state index is 15.4. The molecule has 0 aliphatic heterocycles. The number of esters is 2.